The highest BCUT2D eigenvalue weighted by atomic mass is 35.5. The van der Waals surface area contributed by atoms with Gasteiger partial charge in [-0.2, -0.15) is 5.10 Å². The first-order valence-corrected chi connectivity index (χ1v) is 8.74. The van der Waals surface area contributed by atoms with E-state index < -0.39 is 11.5 Å². The second-order valence-electron chi connectivity index (χ2n) is 6.57. The lowest BCUT2D eigenvalue weighted by Gasteiger charge is -2.36. The molecule has 2 aliphatic rings. The van der Waals surface area contributed by atoms with Crippen LogP contribution in [0.1, 0.15) is 23.7 Å². The first-order valence-electron chi connectivity index (χ1n) is 8.37. The molecule has 0 saturated heterocycles. The molecule has 7 nitrogen and oxygen atoms in total. The van der Waals surface area contributed by atoms with Crippen molar-refractivity contribution in [2.75, 3.05) is 14.2 Å². The predicted molar refractivity (Wildman–Crippen MR) is 97.2 cm³/mol. The van der Waals surface area contributed by atoms with E-state index in [-0.39, 0.29) is 40.1 Å². The van der Waals surface area contributed by atoms with Gasteiger partial charge < -0.3 is 14.2 Å². The molecule has 2 atom stereocenters. The molecule has 8 heteroatoms. The molecule has 0 fully saturated rings. The third-order valence-corrected chi connectivity index (χ3v) is 5.48. The fourth-order valence-corrected chi connectivity index (χ4v) is 4.06. The molecule has 2 heterocycles. The number of nitrogens with one attached hydrogen (secondary N) is 1. The van der Waals surface area contributed by atoms with Crippen molar-refractivity contribution in [1.82, 2.24) is 10.2 Å². The number of fused-ring (bicyclic) bond motifs is 1. The van der Waals surface area contributed by atoms with E-state index in [1.54, 1.807) is 25.3 Å². The van der Waals surface area contributed by atoms with Crippen molar-refractivity contribution in [2.24, 2.45) is 5.92 Å². The van der Waals surface area contributed by atoms with Crippen molar-refractivity contribution < 1.29 is 23.8 Å². The molecule has 1 aliphatic heterocycles. The molecule has 4 rings (SSSR count). The van der Waals surface area contributed by atoms with Gasteiger partial charge in [0.05, 0.1) is 24.9 Å². The number of hydrogen-bond acceptors (Lipinski definition) is 6. The molecule has 0 saturated carbocycles. The highest BCUT2D eigenvalue weighted by Crippen LogP contribution is 2.54. The zero-order chi connectivity index (χ0) is 19.3. The third kappa shape index (κ3) is 2.31. The summed E-state index contributed by atoms with van der Waals surface area (Å²) in [6.45, 7) is 1.78. The number of H-pyrrole nitrogens is 1. The number of carbonyl (C=O) groups is 2. The van der Waals surface area contributed by atoms with E-state index in [9.17, 15) is 9.59 Å². The monoisotopic (exact) mass is 388 g/mol. The number of ether oxygens (including phenoxy) is 3. The second kappa shape index (κ2) is 6.13. The lowest BCUT2D eigenvalue weighted by atomic mass is 9.75. The lowest BCUT2D eigenvalue weighted by Crippen LogP contribution is -2.51. The largest absolute Gasteiger partial charge is 0.496 e. The van der Waals surface area contributed by atoms with Gasteiger partial charge in [0.25, 0.3) is 0 Å². The Labute approximate surface area is 160 Å². The molecule has 1 N–H and O–H groups in total. The first-order chi connectivity index (χ1) is 12.9. The Morgan fingerprint density at radius 1 is 1.33 bits per heavy atom. The molecule has 1 aromatic heterocycles. The van der Waals surface area contributed by atoms with Gasteiger partial charge in [0.15, 0.2) is 17.3 Å². The number of carbonyl (C=O) groups excluding carboxylic acids is 2. The van der Waals surface area contributed by atoms with Crippen LogP contribution in [0, 0.1) is 5.92 Å². The van der Waals surface area contributed by atoms with E-state index in [1.807, 2.05) is 0 Å². The number of hydrogen-bond donors (Lipinski definition) is 1. The average Bonchev–Trinajstić information content (AvgIpc) is 3.27. The van der Waals surface area contributed by atoms with Crippen LogP contribution in [0.25, 0.3) is 11.3 Å². The standard InChI is InChI=1S/C19H17ClN2O5/c1-9-6-10(23)7-14(26-3)19(9)18(24)15-13(25-2)8-11(12-4-5-21-22-12)16(20)17(15)27-19/h4-5,7-9H,6H2,1-3H3,(H,21,22)/t9-,19+/m1/s1. The van der Waals surface area contributed by atoms with Gasteiger partial charge in [-0.25, -0.2) is 0 Å². The van der Waals surface area contributed by atoms with Crippen LogP contribution in [-0.2, 0) is 9.53 Å². The molecule has 1 spiro atoms. The Kier molecular flexibility index (Phi) is 3.99. The van der Waals surface area contributed by atoms with Gasteiger partial charge in [0.1, 0.15) is 11.3 Å². The minimum Gasteiger partial charge on any atom is -0.496 e. The Morgan fingerprint density at radius 2 is 2.11 bits per heavy atom. The third-order valence-electron chi connectivity index (χ3n) is 5.10. The minimum absolute atomic E-state index is 0.117. The van der Waals surface area contributed by atoms with Gasteiger partial charge in [-0.1, -0.05) is 18.5 Å². The molecule has 0 amide bonds. The molecule has 2 aromatic rings. The number of methoxy groups -OCH3 is 2. The molecular formula is C19H17ClN2O5. The number of benzene rings is 1. The second-order valence-corrected chi connectivity index (χ2v) is 6.94. The van der Waals surface area contributed by atoms with Crippen LogP contribution >= 0.6 is 11.6 Å². The number of allylic oxidation sites excluding steroid dienone is 1. The summed E-state index contributed by atoms with van der Waals surface area (Å²) in [6, 6.07) is 3.42. The number of rotatable bonds is 3. The Bertz CT molecular complexity index is 982. The van der Waals surface area contributed by atoms with Crippen LogP contribution in [0.5, 0.6) is 11.5 Å². The van der Waals surface area contributed by atoms with Crippen LogP contribution < -0.4 is 9.47 Å². The highest BCUT2D eigenvalue weighted by molar-refractivity contribution is 6.36. The number of nitrogens with zero attached hydrogens (tertiary/aromatic N) is 1. The maximum atomic E-state index is 13.5. The van der Waals surface area contributed by atoms with Crippen LogP contribution in [0.4, 0.5) is 0 Å². The molecule has 0 bridgehead atoms. The van der Waals surface area contributed by atoms with Gasteiger partial charge >= 0.3 is 0 Å². The number of Topliss-reactive ketones (excluding diaryl/α,β-unsaturated/α-hetero) is 1. The fourth-order valence-electron chi connectivity index (χ4n) is 3.78. The topological polar surface area (TPSA) is 90.5 Å². The van der Waals surface area contributed by atoms with E-state index >= 15 is 0 Å². The van der Waals surface area contributed by atoms with E-state index in [2.05, 4.69) is 10.2 Å². The summed E-state index contributed by atoms with van der Waals surface area (Å²) >= 11 is 6.60. The van der Waals surface area contributed by atoms with Crippen LogP contribution in [0.2, 0.25) is 5.02 Å². The summed E-state index contributed by atoms with van der Waals surface area (Å²) in [7, 11) is 2.88. The Morgan fingerprint density at radius 3 is 2.74 bits per heavy atom. The van der Waals surface area contributed by atoms with E-state index in [0.29, 0.717) is 17.0 Å². The molecular weight excluding hydrogens is 372 g/mol. The van der Waals surface area contributed by atoms with Crippen LogP contribution in [-0.4, -0.2) is 41.6 Å². The van der Waals surface area contributed by atoms with Crippen molar-refractivity contribution in [2.45, 2.75) is 18.9 Å². The number of halogens is 1. The van der Waals surface area contributed by atoms with Gasteiger partial charge in [0, 0.05) is 30.2 Å². The molecule has 27 heavy (non-hydrogen) atoms. The van der Waals surface area contributed by atoms with Gasteiger partial charge in [0.2, 0.25) is 11.4 Å². The highest BCUT2D eigenvalue weighted by Gasteiger charge is 2.59. The van der Waals surface area contributed by atoms with E-state index in [4.69, 9.17) is 25.8 Å². The maximum Gasteiger partial charge on any atom is 0.231 e. The minimum atomic E-state index is -1.44. The fraction of sp³-hybridized carbons (Fsp3) is 0.316. The number of aromatic amines is 1. The van der Waals surface area contributed by atoms with Crippen molar-refractivity contribution in [3.63, 3.8) is 0 Å². The summed E-state index contributed by atoms with van der Waals surface area (Å²) in [6.07, 6.45) is 3.08. The summed E-state index contributed by atoms with van der Waals surface area (Å²) < 4.78 is 17.0. The Hall–Kier alpha value is -2.80. The van der Waals surface area contributed by atoms with Crippen molar-refractivity contribution in [3.8, 4) is 22.8 Å². The first kappa shape index (κ1) is 17.6. The molecule has 1 aliphatic carbocycles. The smallest absolute Gasteiger partial charge is 0.231 e. The Balaban J connectivity index is 1.96. The summed E-state index contributed by atoms with van der Waals surface area (Å²) in [5.41, 5.74) is 0.0635. The molecule has 1 aromatic carbocycles. The maximum absolute atomic E-state index is 13.5. The lowest BCUT2D eigenvalue weighted by molar-refractivity contribution is -0.118. The van der Waals surface area contributed by atoms with E-state index in [0.717, 1.165) is 0 Å². The predicted octanol–water partition coefficient (Wildman–Crippen LogP) is 3.19. The molecule has 0 radical (unpaired) electrons. The quantitative estimate of drug-likeness (QED) is 0.868. The van der Waals surface area contributed by atoms with Crippen molar-refractivity contribution in [3.05, 3.63) is 40.8 Å². The van der Waals surface area contributed by atoms with Gasteiger partial charge in [-0.05, 0) is 12.1 Å². The van der Waals surface area contributed by atoms with Crippen molar-refractivity contribution in [1.29, 1.82) is 0 Å². The SMILES string of the molecule is COC1=CC(=O)C[C@@H](C)[C@]12Oc1c(Cl)c(-c3ccn[nH]3)cc(OC)c1C2=O. The normalized spacial score (nSPS) is 23.9. The van der Waals surface area contributed by atoms with Gasteiger partial charge in [-0.15, -0.1) is 0 Å². The van der Waals surface area contributed by atoms with Crippen LogP contribution in [0.15, 0.2) is 30.2 Å². The summed E-state index contributed by atoms with van der Waals surface area (Å²) in [5, 5.41) is 7.04. The zero-order valence-corrected chi connectivity index (χ0v) is 15.7. The number of ketones is 2. The van der Waals surface area contributed by atoms with E-state index in [1.165, 1.54) is 20.3 Å². The van der Waals surface area contributed by atoms with Crippen LogP contribution in [0.3, 0.4) is 0 Å². The van der Waals surface area contributed by atoms with Gasteiger partial charge in [-0.3, -0.25) is 14.7 Å². The molecule has 0 unspecified atom stereocenters. The average molecular weight is 389 g/mol. The summed E-state index contributed by atoms with van der Waals surface area (Å²) in [4.78, 5) is 25.5. The zero-order valence-electron chi connectivity index (χ0n) is 15.0. The number of aromatic nitrogens is 2. The summed E-state index contributed by atoms with van der Waals surface area (Å²) in [5.74, 6) is -0.154. The molecule has 140 valence electrons. The van der Waals surface area contributed by atoms with Crippen molar-refractivity contribution >= 4 is 23.2 Å².